The lowest BCUT2D eigenvalue weighted by atomic mass is 9.91. The topological polar surface area (TPSA) is 34.2 Å². The van der Waals surface area contributed by atoms with Crippen LogP contribution in [0.1, 0.15) is 31.4 Å². The Labute approximate surface area is 120 Å². The van der Waals surface area contributed by atoms with Crippen molar-refractivity contribution in [3.05, 3.63) is 42.1 Å². The lowest BCUT2D eigenvalue weighted by Gasteiger charge is -2.24. The third kappa shape index (κ3) is 2.84. The van der Waals surface area contributed by atoms with E-state index < -0.39 is 0 Å². The quantitative estimate of drug-likeness (QED) is 0.905. The summed E-state index contributed by atoms with van der Waals surface area (Å²) in [6.07, 6.45) is 4.15. The number of hydrogen-bond donors (Lipinski definition) is 1. The van der Waals surface area contributed by atoms with Crippen molar-refractivity contribution in [2.24, 2.45) is 5.92 Å². The van der Waals surface area contributed by atoms with E-state index in [1.54, 1.807) is 0 Å². The van der Waals surface area contributed by atoms with E-state index in [-0.39, 0.29) is 0 Å². The molecule has 2 atom stereocenters. The normalized spacial score (nSPS) is 20.4. The summed E-state index contributed by atoms with van der Waals surface area (Å²) in [5, 5.41) is 4.89. The highest BCUT2D eigenvalue weighted by Gasteiger charge is 2.26. The van der Waals surface area contributed by atoms with Crippen LogP contribution in [-0.2, 0) is 4.74 Å². The molecule has 0 spiro atoms. The molecule has 2 heterocycles. The first kappa shape index (κ1) is 13.5. The lowest BCUT2D eigenvalue weighted by Crippen LogP contribution is -2.29. The number of ether oxygens (including phenoxy) is 1. The van der Waals surface area contributed by atoms with E-state index in [4.69, 9.17) is 4.74 Å². The van der Waals surface area contributed by atoms with Gasteiger partial charge in [-0.1, -0.05) is 25.1 Å². The number of pyridine rings is 1. The predicted octanol–water partition coefficient (Wildman–Crippen LogP) is 3.31. The highest BCUT2D eigenvalue weighted by Crippen LogP contribution is 2.30. The van der Waals surface area contributed by atoms with Crippen LogP contribution in [0.5, 0.6) is 0 Å². The van der Waals surface area contributed by atoms with Gasteiger partial charge in [0, 0.05) is 30.1 Å². The molecule has 1 fully saturated rings. The Bertz CT molecular complexity index is 564. The third-order valence-corrected chi connectivity index (χ3v) is 4.04. The second-order valence-corrected chi connectivity index (χ2v) is 5.51. The first-order valence-corrected chi connectivity index (χ1v) is 7.54. The van der Waals surface area contributed by atoms with Gasteiger partial charge in [-0.15, -0.1) is 0 Å². The number of nitrogens with zero attached hydrogens (tertiary/aromatic N) is 1. The second-order valence-electron chi connectivity index (χ2n) is 5.51. The van der Waals surface area contributed by atoms with Crippen LogP contribution in [0.15, 0.2) is 36.5 Å². The minimum atomic E-state index is 0.379. The average molecular weight is 270 g/mol. The Hall–Kier alpha value is -1.45. The van der Waals surface area contributed by atoms with Crippen LogP contribution < -0.4 is 5.32 Å². The van der Waals surface area contributed by atoms with Crippen molar-refractivity contribution in [2.45, 2.75) is 25.8 Å². The maximum Gasteiger partial charge on any atom is 0.0705 e. The van der Waals surface area contributed by atoms with Gasteiger partial charge in [-0.05, 0) is 37.1 Å². The maximum atomic E-state index is 5.57. The molecule has 1 aromatic carbocycles. The van der Waals surface area contributed by atoms with E-state index in [2.05, 4.69) is 41.5 Å². The Balaban J connectivity index is 1.90. The van der Waals surface area contributed by atoms with E-state index in [0.717, 1.165) is 38.1 Å². The largest absolute Gasteiger partial charge is 0.381 e. The smallest absolute Gasteiger partial charge is 0.0705 e. The molecule has 1 aliphatic rings. The Morgan fingerprint density at radius 1 is 1.40 bits per heavy atom. The fraction of sp³-hybridized carbons (Fsp3) is 0.471. The molecule has 3 heteroatoms. The first-order valence-electron chi connectivity index (χ1n) is 7.54. The van der Waals surface area contributed by atoms with Gasteiger partial charge in [0.2, 0.25) is 0 Å². The molecular weight excluding hydrogens is 248 g/mol. The summed E-state index contributed by atoms with van der Waals surface area (Å²) in [7, 11) is 0. The van der Waals surface area contributed by atoms with Gasteiger partial charge in [-0.3, -0.25) is 4.98 Å². The van der Waals surface area contributed by atoms with Gasteiger partial charge in [-0.25, -0.2) is 0 Å². The SMILES string of the molecule is CCCNC(c1ccc2cccnc2c1)C1CCOC1. The van der Waals surface area contributed by atoms with Gasteiger partial charge in [0.25, 0.3) is 0 Å². The summed E-state index contributed by atoms with van der Waals surface area (Å²) in [5.74, 6) is 0.572. The molecule has 0 bridgehead atoms. The predicted molar refractivity (Wildman–Crippen MR) is 81.7 cm³/mol. The van der Waals surface area contributed by atoms with Crippen molar-refractivity contribution in [1.82, 2.24) is 10.3 Å². The van der Waals surface area contributed by atoms with E-state index in [1.165, 1.54) is 10.9 Å². The minimum Gasteiger partial charge on any atom is -0.381 e. The zero-order valence-electron chi connectivity index (χ0n) is 12.0. The fourth-order valence-electron chi connectivity index (χ4n) is 2.95. The summed E-state index contributed by atoms with van der Waals surface area (Å²) < 4.78 is 5.57. The molecule has 3 rings (SSSR count). The molecule has 20 heavy (non-hydrogen) atoms. The molecule has 2 aromatic rings. The molecule has 1 saturated heterocycles. The van der Waals surface area contributed by atoms with Crippen molar-refractivity contribution in [3.63, 3.8) is 0 Å². The second kappa shape index (κ2) is 6.33. The van der Waals surface area contributed by atoms with Gasteiger partial charge >= 0.3 is 0 Å². The van der Waals surface area contributed by atoms with Crippen LogP contribution in [0, 0.1) is 5.92 Å². The Kier molecular flexibility index (Phi) is 4.28. The number of aromatic nitrogens is 1. The summed E-state index contributed by atoms with van der Waals surface area (Å²) in [6, 6.07) is 11.1. The van der Waals surface area contributed by atoms with Gasteiger partial charge < -0.3 is 10.1 Å². The molecular formula is C17H22N2O. The number of fused-ring (bicyclic) bond motifs is 1. The van der Waals surface area contributed by atoms with Crippen molar-refractivity contribution in [2.75, 3.05) is 19.8 Å². The molecule has 1 aromatic heterocycles. The van der Waals surface area contributed by atoms with E-state index in [0.29, 0.717) is 12.0 Å². The summed E-state index contributed by atoms with van der Waals surface area (Å²) >= 11 is 0. The van der Waals surface area contributed by atoms with Crippen LogP contribution in [0.4, 0.5) is 0 Å². The van der Waals surface area contributed by atoms with Crippen molar-refractivity contribution in [1.29, 1.82) is 0 Å². The van der Waals surface area contributed by atoms with Crippen molar-refractivity contribution < 1.29 is 4.74 Å². The van der Waals surface area contributed by atoms with Gasteiger partial charge in [-0.2, -0.15) is 0 Å². The Morgan fingerprint density at radius 2 is 2.35 bits per heavy atom. The Morgan fingerprint density at radius 3 is 3.15 bits per heavy atom. The highest BCUT2D eigenvalue weighted by atomic mass is 16.5. The van der Waals surface area contributed by atoms with E-state index in [1.807, 2.05) is 12.3 Å². The number of rotatable bonds is 5. The summed E-state index contributed by atoms with van der Waals surface area (Å²) in [4.78, 5) is 4.47. The average Bonchev–Trinajstić information content (AvgIpc) is 3.02. The maximum absolute atomic E-state index is 5.57. The van der Waals surface area contributed by atoms with Crippen LogP contribution in [0.25, 0.3) is 10.9 Å². The lowest BCUT2D eigenvalue weighted by molar-refractivity contribution is 0.176. The molecule has 3 nitrogen and oxygen atoms in total. The van der Waals surface area contributed by atoms with Gasteiger partial charge in [0.1, 0.15) is 0 Å². The minimum absolute atomic E-state index is 0.379. The summed E-state index contributed by atoms with van der Waals surface area (Å²) in [6.45, 7) is 5.00. The standard InChI is InChI=1S/C17H22N2O/c1-2-8-19-17(15-7-10-20-12-15)14-6-5-13-4-3-9-18-16(13)11-14/h3-6,9,11,15,17,19H,2,7-8,10,12H2,1H3. The van der Waals surface area contributed by atoms with Crippen LogP contribution in [-0.4, -0.2) is 24.7 Å². The molecule has 0 radical (unpaired) electrons. The van der Waals surface area contributed by atoms with Crippen LogP contribution in [0.3, 0.4) is 0 Å². The first-order chi connectivity index (χ1) is 9.88. The van der Waals surface area contributed by atoms with Gasteiger partial charge in [0.15, 0.2) is 0 Å². The molecule has 106 valence electrons. The van der Waals surface area contributed by atoms with Gasteiger partial charge in [0.05, 0.1) is 12.1 Å². The molecule has 0 amide bonds. The molecule has 0 saturated carbocycles. The van der Waals surface area contributed by atoms with E-state index in [9.17, 15) is 0 Å². The van der Waals surface area contributed by atoms with Crippen molar-refractivity contribution in [3.8, 4) is 0 Å². The zero-order chi connectivity index (χ0) is 13.8. The molecule has 2 unspecified atom stereocenters. The van der Waals surface area contributed by atoms with Crippen LogP contribution >= 0.6 is 0 Å². The monoisotopic (exact) mass is 270 g/mol. The van der Waals surface area contributed by atoms with Crippen molar-refractivity contribution >= 4 is 10.9 Å². The number of nitrogens with one attached hydrogen (secondary N) is 1. The number of benzene rings is 1. The van der Waals surface area contributed by atoms with Crippen LogP contribution in [0.2, 0.25) is 0 Å². The zero-order valence-corrected chi connectivity index (χ0v) is 12.0. The molecule has 1 aliphatic heterocycles. The molecule has 1 N–H and O–H groups in total. The number of hydrogen-bond acceptors (Lipinski definition) is 3. The molecule has 0 aliphatic carbocycles. The fourth-order valence-corrected chi connectivity index (χ4v) is 2.95. The third-order valence-electron chi connectivity index (χ3n) is 4.04. The van der Waals surface area contributed by atoms with E-state index >= 15 is 0 Å². The highest BCUT2D eigenvalue weighted by molar-refractivity contribution is 5.79. The summed E-state index contributed by atoms with van der Waals surface area (Å²) in [5.41, 5.74) is 2.41.